The van der Waals surface area contributed by atoms with Gasteiger partial charge >= 0.3 is 0 Å². The van der Waals surface area contributed by atoms with Gasteiger partial charge in [0.1, 0.15) is 0 Å². The molecule has 0 unspecified atom stereocenters. The molecule has 2 aromatic rings. The highest BCUT2D eigenvalue weighted by molar-refractivity contribution is 5.95. The molecular formula is C19H21F2N3O2. The van der Waals surface area contributed by atoms with Crippen LogP contribution in [0, 0.1) is 17.6 Å². The maximum atomic E-state index is 13.2. The van der Waals surface area contributed by atoms with Crippen LogP contribution in [0.4, 0.5) is 8.78 Å². The number of rotatable bonds is 5. The predicted octanol–water partition coefficient (Wildman–Crippen LogP) is 2.75. The van der Waals surface area contributed by atoms with Crippen molar-refractivity contribution in [2.24, 2.45) is 13.0 Å². The van der Waals surface area contributed by atoms with Gasteiger partial charge in [0.25, 0.3) is 0 Å². The first-order valence-corrected chi connectivity index (χ1v) is 8.69. The molecule has 1 aromatic carbocycles. The quantitative estimate of drug-likeness (QED) is 0.770. The van der Waals surface area contributed by atoms with E-state index in [1.807, 2.05) is 0 Å². The van der Waals surface area contributed by atoms with Gasteiger partial charge in [0.15, 0.2) is 17.5 Å². The number of ketones is 1. The third-order valence-corrected chi connectivity index (χ3v) is 4.80. The van der Waals surface area contributed by atoms with Crippen LogP contribution in [0.2, 0.25) is 0 Å². The van der Waals surface area contributed by atoms with Crippen molar-refractivity contribution in [3.63, 3.8) is 0 Å². The number of amides is 1. The van der Waals surface area contributed by atoms with Gasteiger partial charge in [-0.05, 0) is 37.0 Å². The Balaban J connectivity index is 1.58. The second-order valence-electron chi connectivity index (χ2n) is 6.65. The molecule has 0 saturated carbocycles. The Bertz CT molecular complexity index is 819. The summed E-state index contributed by atoms with van der Waals surface area (Å²) in [6, 6.07) is 3.67. The van der Waals surface area contributed by atoms with Gasteiger partial charge in [0.2, 0.25) is 11.7 Å². The van der Waals surface area contributed by atoms with Gasteiger partial charge in [-0.3, -0.25) is 9.59 Å². The number of aryl methyl sites for hydroxylation is 2. The van der Waals surface area contributed by atoms with E-state index in [1.54, 1.807) is 28.9 Å². The molecule has 1 atom stereocenters. The van der Waals surface area contributed by atoms with E-state index < -0.39 is 11.6 Å². The van der Waals surface area contributed by atoms with Crippen molar-refractivity contribution in [1.82, 2.24) is 14.5 Å². The van der Waals surface area contributed by atoms with Crippen molar-refractivity contribution in [1.29, 1.82) is 0 Å². The van der Waals surface area contributed by atoms with E-state index in [0.29, 0.717) is 30.9 Å². The molecule has 1 amide bonds. The average molecular weight is 361 g/mol. The number of nitrogens with zero attached hydrogens (tertiary/aromatic N) is 3. The summed E-state index contributed by atoms with van der Waals surface area (Å²) in [5, 5.41) is 0. The minimum atomic E-state index is -0.909. The molecule has 26 heavy (non-hydrogen) atoms. The highest BCUT2D eigenvalue weighted by atomic mass is 19.2. The molecule has 0 N–H and O–H groups in total. The fourth-order valence-electron chi connectivity index (χ4n) is 3.31. The number of likely N-dealkylation sites (tertiary alicyclic amines) is 1. The third-order valence-electron chi connectivity index (χ3n) is 4.80. The lowest BCUT2D eigenvalue weighted by Crippen LogP contribution is -2.42. The minimum absolute atomic E-state index is 0.0457. The number of benzene rings is 1. The first-order valence-electron chi connectivity index (χ1n) is 8.69. The molecule has 1 aliphatic rings. The minimum Gasteiger partial charge on any atom is -0.342 e. The van der Waals surface area contributed by atoms with Crippen LogP contribution in [0.15, 0.2) is 30.6 Å². The van der Waals surface area contributed by atoms with Gasteiger partial charge in [0, 0.05) is 44.9 Å². The van der Waals surface area contributed by atoms with Crippen LogP contribution in [0.5, 0.6) is 0 Å². The number of carbonyl (C=O) groups is 2. The van der Waals surface area contributed by atoms with E-state index in [0.717, 1.165) is 25.0 Å². The molecule has 138 valence electrons. The molecule has 1 saturated heterocycles. The van der Waals surface area contributed by atoms with Crippen LogP contribution >= 0.6 is 0 Å². The maximum Gasteiger partial charge on any atom is 0.222 e. The van der Waals surface area contributed by atoms with E-state index in [9.17, 15) is 18.4 Å². The second kappa shape index (κ2) is 7.76. The number of halogens is 2. The summed E-state index contributed by atoms with van der Waals surface area (Å²) in [5.74, 6) is -1.77. The van der Waals surface area contributed by atoms with Crippen molar-refractivity contribution in [2.75, 3.05) is 13.1 Å². The van der Waals surface area contributed by atoms with Crippen LogP contribution in [0.25, 0.3) is 0 Å². The van der Waals surface area contributed by atoms with E-state index >= 15 is 0 Å². The molecule has 1 aromatic heterocycles. The summed E-state index contributed by atoms with van der Waals surface area (Å²) < 4.78 is 27.9. The molecular weight excluding hydrogens is 340 g/mol. The van der Waals surface area contributed by atoms with E-state index in [2.05, 4.69) is 4.98 Å². The zero-order valence-electron chi connectivity index (χ0n) is 14.6. The molecule has 0 bridgehead atoms. The van der Waals surface area contributed by atoms with E-state index in [1.165, 1.54) is 6.07 Å². The van der Waals surface area contributed by atoms with Crippen molar-refractivity contribution in [3.05, 3.63) is 53.6 Å². The van der Waals surface area contributed by atoms with Gasteiger partial charge < -0.3 is 9.47 Å². The molecule has 1 fully saturated rings. The summed E-state index contributed by atoms with van der Waals surface area (Å²) >= 11 is 0. The van der Waals surface area contributed by atoms with Crippen molar-refractivity contribution in [3.8, 4) is 0 Å². The summed E-state index contributed by atoms with van der Waals surface area (Å²) in [5.41, 5.74) is 0.579. The van der Waals surface area contributed by atoms with Crippen molar-refractivity contribution in [2.45, 2.75) is 25.7 Å². The van der Waals surface area contributed by atoms with Crippen LogP contribution in [0.1, 0.15) is 35.4 Å². The monoisotopic (exact) mass is 361 g/mol. The second-order valence-corrected chi connectivity index (χ2v) is 6.65. The zero-order chi connectivity index (χ0) is 18.7. The van der Waals surface area contributed by atoms with Crippen LogP contribution in [-0.2, 0) is 18.3 Å². The average Bonchev–Trinajstić information content (AvgIpc) is 3.08. The third kappa shape index (κ3) is 3.98. The highest BCUT2D eigenvalue weighted by Gasteiger charge is 2.30. The first kappa shape index (κ1) is 18.2. The Kier molecular flexibility index (Phi) is 5.44. The Hall–Kier alpha value is -2.57. The molecule has 2 heterocycles. The zero-order valence-corrected chi connectivity index (χ0v) is 14.6. The Morgan fingerprint density at radius 2 is 2.08 bits per heavy atom. The number of piperidine rings is 1. The summed E-state index contributed by atoms with van der Waals surface area (Å²) in [4.78, 5) is 30.9. The van der Waals surface area contributed by atoms with Gasteiger partial charge in [-0.15, -0.1) is 0 Å². The number of aromatic nitrogens is 2. The lowest BCUT2D eigenvalue weighted by molar-refractivity contribution is -0.132. The fourth-order valence-corrected chi connectivity index (χ4v) is 3.31. The number of imidazole rings is 1. The normalized spacial score (nSPS) is 17.3. The van der Waals surface area contributed by atoms with Crippen LogP contribution in [0.3, 0.4) is 0 Å². The molecule has 5 nitrogen and oxygen atoms in total. The fraction of sp³-hybridized carbons (Fsp3) is 0.421. The number of hydrogen-bond acceptors (Lipinski definition) is 3. The van der Waals surface area contributed by atoms with Gasteiger partial charge in [-0.2, -0.15) is 0 Å². The molecule has 7 heteroatoms. The number of hydrogen-bond donors (Lipinski definition) is 0. The Morgan fingerprint density at radius 3 is 2.77 bits per heavy atom. The molecule has 0 radical (unpaired) electrons. The van der Waals surface area contributed by atoms with Crippen LogP contribution < -0.4 is 0 Å². The number of Topliss-reactive ketones (excluding diaryl/α,β-unsaturated/α-hetero) is 1. The van der Waals surface area contributed by atoms with Gasteiger partial charge in [-0.1, -0.05) is 6.07 Å². The summed E-state index contributed by atoms with van der Waals surface area (Å²) in [6.45, 7) is 0.989. The lowest BCUT2D eigenvalue weighted by atomic mass is 9.93. The lowest BCUT2D eigenvalue weighted by Gasteiger charge is -2.32. The Morgan fingerprint density at radius 1 is 1.27 bits per heavy atom. The van der Waals surface area contributed by atoms with Crippen molar-refractivity contribution >= 4 is 11.7 Å². The van der Waals surface area contributed by atoms with Crippen molar-refractivity contribution < 1.29 is 18.4 Å². The SMILES string of the molecule is Cn1ccnc1C(=O)[C@@H]1CCCN(C(=O)CCc2ccc(F)c(F)c2)C1. The van der Waals surface area contributed by atoms with E-state index in [4.69, 9.17) is 0 Å². The standard InChI is InChI=1S/C19H21F2N3O2/c1-23-10-8-22-19(23)18(26)14-3-2-9-24(12-14)17(25)7-5-13-4-6-15(20)16(21)11-13/h4,6,8,10-11,14H,2-3,5,7,9,12H2,1H3/t14-/m1/s1. The molecule has 0 spiro atoms. The van der Waals surface area contributed by atoms with Crippen LogP contribution in [-0.4, -0.2) is 39.2 Å². The summed E-state index contributed by atoms with van der Waals surface area (Å²) in [7, 11) is 1.77. The van der Waals surface area contributed by atoms with E-state index in [-0.39, 0.29) is 24.0 Å². The number of carbonyl (C=O) groups excluding carboxylic acids is 2. The largest absolute Gasteiger partial charge is 0.342 e. The smallest absolute Gasteiger partial charge is 0.222 e. The summed E-state index contributed by atoms with van der Waals surface area (Å²) in [6.07, 6.45) is 5.34. The molecule has 3 rings (SSSR count). The highest BCUT2D eigenvalue weighted by Crippen LogP contribution is 2.21. The molecule has 1 aliphatic heterocycles. The van der Waals surface area contributed by atoms with Gasteiger partial charge in [0.05, 0.1) is 0 Å². The Labute approximate surface area is 150 Å². The topological polar surface area (TPSA) is 55.2 Å². The van der Waals surface area contributed by atoms with Gasteiger partial charge in [-0.25, -0.2) is 13.8 Å². The molecule has 0 aliphatic carbocycles. The maximum absolute atomic E-state index is 13.2. The first-order chi connectivity index (χ1) is 12.5. The predicted molar refractivity (Wildman–Crippen MR) is 91.5 cm³/mol.